The highest BCUT2D eigenvalue weighted by Crippen LogP contribution is 2.69. The molecule has 4 aliphatic carbocycles. The van der Waals surface area contributed by atoms with Crippen LogP contribution in [0.3, 0.4) is 0 Å². The maximum Gasteiger partial charge on any atom is 0.356 e. The molecule has 3 fully saturated rings. The number of amides is 1. The van der Waals surface area contributed by atoms with E-state index in [4.69, 9.17) is 9.05 Å². The van der Waals surface area contributed by atoms with Crippen LogP contribution in [0, 0.1) is 40.4 Å². The number of nitrogens with zero attached hydrogens (tertiary/aromatic N) is 1. The van der Waals surface area contributed by atoms with E-state index in [2.05, 4.69) is 19.9 Å². The van der Waals surface area contributed by atoms with Gasteiger partial charge in [-0.3, -0.25) is 4.57 Å². The van der Waals surface area contributed by atoms with Gasteiger partial charge in [0.2, 0.25) is 0 Å². The number of allylic oxidation sites excluding steroid dienone is 2. The lowest BCUT2D eigenvalue weighted by molar-refractivity contribution is -1.07. The zero-order valence-electron chi connectivity index (χ0n) is 23.3. The van der Waals surface area contributed by atoms with E-state index in [-0.39, 0.29) is 34.7 Å². The Bertz CT molecular complexity index is 899. The molecule has 0 heterocycles. The summed E-state index contributed by atoms with van der Waals surface area (Å²) in [4.78, 5) is 13.9. The molecule has 3 saturated carbocycles. The molecule has 0 aromatic carbocycles. The molecule has 0 radical (unpaired) electrons. The van der Waals surface area contributed by atoms with Crippen molar-refractivity contribution >= 4 is 13.5 Å². The second-order valence-electron chi connectivity index (χ2n) is 13.0. The van der Waals surface area contributed by atoms with Crippen molar-refractivity contribution in [1.29, 1.82) is 0 Å². The van der Waals surface area contributed by atoms with E-state index in [1.54, 1.807) is 0 Å². The van der Waals surface area contributed by atoms with Crippen LogP contribution in [0.2, 0.25) is 0 Å². The number of fused-ring (bicyclic) bond motifs is 5. The first-order valence-electron chi connectivity index (χ1n) is 13.9. The molecule has 6 nitrogen and oxygen atoms in total. The van der Waals surface area contributed by atoms with Crippen molar-refractivity contribution in [2.24, 2.45) is 40.4 Å². The lowest BCUT2D eigenvalue weighted by atomic mass is 9.45. The minimum Gasteiger partial charge on any atom is -0.309 e. The third kappa shape index (κ3) is 3.96. The fourth-order valence-electron chi connectivity index (χ4n) is 9.14. The molecule has 0 saturated heterocycles. The van der Waals surface area contributed by atoms with Crippen LogP contribution in [0.5, 0.6) is 0 Å². The summed E-state index contributed by atoms with van der Waals surface area (Å²) >= 11 is 0. The molecule has 0 spiro atoms. The molecule has 1 amide bonds. The molecule has 1 N–H and O–H groups in total. The molecule has 7 atom stereocenters. The van der Waals surface area contributed by atoms with Gasteiger partial charge in [-0.2, -0.15) is 0 Å². The summed E-state index contributed by atoms with van der Waals surface area (Å²) in [6.45, 7) is 12.7. The summed E-state index contributed by atoms with van der Waals surface area (Å²) in [6, 6.07) is -0.288. The van der Waals surface area contributed by atoms with Gasteiger partial charge >= 0.3 is 13.5 Å². The maximum atomic E-state index is 13.9. The van der Waals surface area contributed by atoms with Crippen molar-refractivity contribution in [3.05, 3.63) is 11.4 Å². The van der Waals surface area contributed by atoms with Crippen LogP contribution in [0.15, 0.2) is 11.4 Å². The molecule has 0 aromatic heterocycles. The molecule has 4 aliphatic rings. The van der Waals surface area contributed by atoms with Gasteiger partial charge in [-0.25, -0.2) is 10.0 Å². The van der Waals surface area contributed by atoms with Gasteiger partial charge in [0.05, 0.1) is 5.92 Å². The number of carbonyl (C=O) groups is 1. The molecule has 0 aliphatic heterocycles. The molecule has 0 unspecified atom stereocenters. The van der Waals surface area contributed by atoms with Gasteiger partial charge in [-0.1, -0.05) is 19.9 Å². The molecule has 200 valence electrons. The van der Waals surface area contributed by atoms with Crippen molar-refractivity contribution in [1.82, 2.24) is 0 Å². The van der Waals surface area contributed by atoms with Gasteiger partial charge in [-0.05, 0) is 114 Å². The Morgan fingerprint density at radius 3 is 2.14 bits per heavy atom. The van der Waals surface area contributed by atoms with Crippen LogP contribution in [-0.4, -0.2) is 42.1 Å². The average Bonchev–Trinajstić information content (AvgIpc) is 3.18. The highest BCUT2D eigenvalue weighted by atomic mass is 31.2. The van der Waals surface area contributed by atoms with E-state index in [1.165, 1.54) is 14.2 Å². The van der Waals surface area contributed by atoms with Gasteiger partial charge in [0.25, 0.3) is 0 Å². The monoisotopic (exact) mass is 510 g/mol. The largest absolute Gasteiger partial charge is 0.356 e. The van der Waals surface area contributed by atoms with Crippen LogP contribution < -0.4 is 0 Å². The minimum atomic E-state index is -3.17. The quantitative estimate of drug-likeness (QED) is 0.177. The summed E-state index contributed by atoms with van der Waals surface area (Å²) in [5.41, 5.74) is 0.156. The molecule has 0 bridgehead atoms. The van der Waals surface area contributed by atoms with Crippen LogP contribution in [0.1, 0.15) is 92.9 Å². The third-order valence-corrected chi connectivity index (χ3v) is 13.4. The molecular formula is C28H49NO5P+. The summed E-state index contributed by atoms with van der Waals surface area (Å²) in [5, 5.41) is 12.4. The van der Waals surface area contributed by atoms with Crippen molar-refractivity contribution in [2.45, 2.75) is 105 Å². The first-order valence-corrected chi connectivity index (χ1v) is 15.4. The highest BCUT2D eigenvalue weighted by molar-refractivity contribution is 7.58. The fraction of sp³-hybridized carbons (Fsp3) is 0.893. The van der Waals surface area contributed by atoms with Crippen molar-refractivity contribution in [3.8, 4) is 0 Å². The standard InChI is InChI=1S/C28H49NO5P/c1-18(2)29(31,19(3)4)26(30)25-12-11-23-22-10-9-20-17-21(35(32,33-7)34-8)13-15-27(20,5)24(22)14-16-28(23,25)6/h17-20,22-25,31H,9-16H2,1-8H3/q+1/t20-,22-,23-,24-,25+,27-,28-/m0/s1. The molecule has 4 rings (SSSR count). The smallest absolute Gasteiger partial charge is 0.309 e. The van der Waals surface area contributed by atoms with Crippen LogP contribution in [-0.2, 0) is 18.4 Å². The Kier molecular flexibility index (Phi) is 7.35. The van der Waals surface area contributed by atoms with Gasteiger partial charge in [0, 0.05) is 19.5 Å². The van der Waals surface area contributed by atoms with E-state index in [9.17, 15) is 14.6 Å². The van der Waals surface area contributed by atoms with Crippen molar-refractivity contribution in [3.63, 3.8) is 0 Å². The Balaban J connectivity index is 1.59. The number of rotatable bonds is 6. The molecular weight excluding hydrogens is 461 g/mol. The first kappa shape index (κ1) is 27.5. The number of quaternary nitrogens is 1. The van der Waals surface area contributed by atoms with Crippen molar-refractivity contribution in [2.75, 3.05) is 14.2 Å². The zero-order valence-corrected chi connectivity index (χ0v) is 24.1. The summed E-state index contributed by atoms with van der Waals surface area (Å²) < 4.78 is 23.3. The summed E-state index contributed by atoms with van der Waals surface area (Å²) in [6.07, 6.45) is 10.5. The molecule has 35 heavy (non-hydrogen) atoms. The molecule has 0 aromatic rings. The van der Waals surface area contributed by atoms with Crippen LogP contribution in [0.4, 0.5) is 0 Å². The maximum absolute atomic E-state index is 13.9. The number of hydrogen-bond donors (Lipinski definition) is 1. The van der Waals surface area contributed by atoms with Crippen LogP contribution in [0.25, 0.3) is 0 Å². The first-order chi connectivity index (χ1) is 16.3. The minimum absolute atomic E-state index is 0.0328. The Hall–Kier alpha value is -0.520. The highest BCUT2D eigenvalue weighted by Gasteiger charge is 2.64. The van der Waals surface area contributed by atoms with Gasteiger partial charge < -0.3 is 9.05 Å². The second kappa shape index (κ2) is 9.34. The normalized spacial score (nSPS) is 39.7. The lowest BCUT2D eigenvalue weighted by Crippen LogP contribution is -2.63. The number of carbonyl (C=O) groups excluding carboxylic acids is 1. The Labute approximate surface area is 212 Å². The van der Waals surface area contributed by atoms with E-state index >= 15 is 0 Å². The van der Waals surface area contributed by atoms with E-state index < -0.39 is 12.2 Å². The van der Waals surface area contributed by atoms with Crippen molar-refractivity contribution < 1.29 is 28.3 Å². The van der Waals surface area contributed by atoms with E-state index in [1.807, 2.05) is 27.7 Å². The van der Waals surface area contributed by atoms with Gasteiger partial charge in [0.1, 0.15) is 12.1 Å². The van der Waals surface area contributed by atoms with Crippen LogP contribution >= 0.6 is 7.60 Å². The lowest BCUT2D eigenvalue weighted by Gasteiger charge is -2.59. The Morgan fingerprint density at radius 2 is 1.57 bits per heavy atom. The van der Waals surface area contributed by atoms with Gasteiger partial charge in [0.15, 0.2) is 0 Å². The predicted molar refractivity (Wildman–Crippen MR) is 138 cm³/mol. The Morgan fingerprint density at radius 1 is 0.971 bits per heavy atom. The third-order valence-electron chi connectivity index (χ3n) is 11.3. The topological polar surface area (TPSA) is 72.8 Å². The average molecular weight is 511 g/mol. The summed E-state index contributed by atoms with van der Waals surface area (Å²) in [5.74, 6) is 2.16. The predicted octanol–water partition coefficient (Wildman–Crippen LogP) is 7.17. The second-order valence-corrected chi connectivity index (χ2v) is 15.3. The fourth-order valence-corrected chi connectivity index (χ4v) is 10.5. The number of hydroxylamine groups is 3. The molecule has 7 heteroatoms. The SMILES string of the molecule is COP(=O)(OC)C1=C[C@@H]2CC[C@@H]3[C@H](CC[C@]4(C)[C@@H](C(=O)[N+](O)(C(C)C)C(C)C)CC[C@@H]34)[C@@]2(C)CC1. The number of hydrogen-bond acceptors (Lipinski definition) is 5. The van der Waals surface area contributed by atoms with Gasteiger partial charge in [-0.15, -0.1) is 4.65 Å². The van der Waals surface area contributed by atoms with E-state index in [0.717, 1.165) is 56.7 Å². The summed E-state index contributed by atoms with van der Waals surface area (Å²) in [7, 11) is -0.208. The van der Waals surface area contributed by atoms with E-state index in [0.29, 0.717) is 23.7 Å². The zero-order chi connectivity index (χ0) is 26.0.